The molecule has 0 spiro atoms. The summed E-state index contributed by atoms with van der Waals surface area (Å²) in [5.74, 6) is 0.238. The third-order valence-corrected chi connectivity index (χ3v) is 4.28. The summed E-state index contributed by atoms with van der Waals surface area (Å²) in [5, 5.41) is 8.83. The van der Waals surface area contributed by atoms with Crippen LogP contribution in [0.2, 0.25) is 0 Å². The summed E-state index contributed by atoms with van der Waals surface area (Å²) in [6, 6.07) is 0. The Bertz CT molecular complexity index is 317. The molecule has 0 radical (unpaired) electrons. The van der Waals surface area contributed by atoms with Crippen LogP contribution in [0.3, 0.4) is 0 Å². The first-order chi connectivity index (χ1) is 9.22. The maximum atomic E-state index is 12.4. The van der Waals surface area contributed by atoms with Gasteiger partial charge in [0.05, 0.1) is 0 Å². The number of carbonyl (C=O) groups is 2. The van der Waals surface area contributed by atoms with E-state index in [2.05, 4.69) is 0 Å². The minimum absolute atomic E-state index is 0.197. The summed E-state index contributed by atoms with van der Waals surface area (Å²) >= 11 is 0. The molecule has 0 bridgehead atoms. The van der Waals surface area contributed by atoms with Crippen molar-refractivity contribution in [3.63, 3.8) is 0 Å². The second kappa shape index (κ2) is 6.89. The molecule has 1 aliphatic carbocycles. The molecule has 0 aromatic heterocycles. The molecule has 5 heteroatoms. The van der Waals surface area contributed by atoms with Gasteiger partial charge in [0.15, 0.2) is 0 Å². The lowest BCUT2D eigenvalue weighted by molar-refractivity contribution is -0.143. The molecule has 0 atom stereocenters. The van der Waals surface area contributed by atoms with Crippen molar-refractivity contribution in [2.75, 3.05) is 32.8 Å². The van der Waals surface area contributed by atoms with E-state index in [0.29, 0.717) is 26.2 Å². The molecule has 2 aliphatic rings. The first-order valence-electron chi connectivity index (χ1n) is 7.40. The van der Waals surface area contributed by atoms with Crippen molar-refractivity contribution >= 4 is 11.8 Å². The summed E-state index contributed by atoms with van der Waals surface area (Å²) in [5.41, 5.74) is 0. The molecular formula is C14H24N2O3. The quantitative estimate of drug-likeness (QED) is 0.747. The molecular weight excluding hydrogens is 244 g/mol. The number of rotatable bonds is 2. The molecule has 1 saturated heterocycles. The summed E-state index contributed by atoms with van der Waals surface area (Å²) in [6.45, 7) is 1.90. The van der Waals surface area contributed by atoms with Gasteiger partial charge in [0.2, 0.25) is 11.8 Å². The fourth-order valence-electron chi connectivity index (χ4n) is 3.06. The lowest BCUT2D eigenvalue weighted by Gasteiger charge is -2.36. The van der Waals surface area contributed by atoms with E-state index in [9.17, 15) is 9.59 Å². The van der Waals surface area contributed by atoms with Gasteiger partial charge in [0.25, 0.3) is 0 Å². The standard InChI is InChI=1S/C14H24N2O3/c17-11-13(18)15-7-9-16(10-8-15)14(19)12-5-3-1-2-4-6-12/h12,17H,1-11H2. The predicted molar refractivity (Wildman–Crippen MR) is 71.4 cm³/mol. The number of nitrogens with zero attached hydrogens (tertiary/aromatic N) is 2. The highest BCUT2D eigenvalue weighted by molar-refractivity contribution is 5.80. The smallest absolute Gasteiger partial charge is 0.248 e. The van der Waals surface area contributed by atoms with Gasteiger partial charge in [-0.3, -0.25) is 9.59 Å². The largest absolute Gasteiger partial charge is 0.387 e. The molecule has 1 heterocycles. The number of hydrogen-bond donors (Lipinski definition) is 1. The van der Waals surface area contributed by atoms with Crippen LogP contribution in [-0.2, 0) is 9.59 Å². The minimum Gasteiger partial charge on any atom is -0.387 e. The maximum absolute atomic E-state index is 12.4. The van der Waals surface area contributed by atoms with Crippen LogP contribution in [0, 0.1) is 5.92 Å². The number of amides is 2. The third kappa shape index (κ3) is 3.69. The normalized spacial score (nSPS) is 22.2. The van der Waals surface area contributed by atoms with Crippen LogP contribution in [0.25, 0.3) is 0 Å². The molecule has 5 nitrogen and oxygen atoms in total. The zero-order valence-corrected chi connectivity index (χ0v) is 11.5. The van der Waals surface area contributed by atoms with Gasteiger partial charge >= 0.3 is 0 Å². The van der Waals surface area contributed by atoms with E-state index in [1.165, 1.54) is 25.7 Å². The van der Waals surface area contributed by atoms with Crippen LogP contribution in [0.15, 0.2) is 0 Å². The summed E-state index contributed by atoms with van der Waals surface area (Å²) in [6.07, 6.45) is 6.88. The van der Waals surface area contributed by atoms with Crippen molar-refractivity contribution in [2.45, 2.75) is 38.5 Å². The predicted octanol–water partition coefficient (Wildman–Crippen LogP) is 0.620. The van der Waals surface area contributed by atoms with Crippen LogP contribution in [0.4, 0.5) is 0 Å². The van der Waals surface area contributed by atoms with E-state index in [1.807, 2.05) is 4.90 Å². The molecule has 1 saturated carbocycles. The van der Waals surface area contributed by atoms with Gasteiger partial charge in [-0.2, -0.15) is 0 Å². The van der Waals surface area contributed by atoms with E-state index in [0.717, 1.165) is 12.8 Å². The van der Waals surface area contributed by atoms with Gasteiger partial charge in [-0.15, -0.1) is 0 Å². The zero-order chi connectivity index (χ0) is 13.7. The first-order valence-corrected chi connectivity index (χ1v) is 7.40. The Morgan fingerprint density at radius 2 is 1.42 bits per heavy atom. The SMILES string of the molecule is O=C(CO)N1CCN(C(=O)C2CCCCCC2)CC1. The molecule has 0 aromatic rings. The second-order valence-corrected chi connectivity index (χ2v) is 5.55. The molecule has 2 rings (SSSR count). The van der Waals surface area contributed by atoms with Gasteiger partial charge in [-0.05, 0) is 12.8 Å². The average molecular weight is 268 g/mol. The highest BCUT2D eigenvalue weighted by atomic mass is 16.3. The summed E-state index contributed by atoms with van der Waals surface area (Å²) in [7, 11) is 0. The Labute approximate surface area is 114 Å². The van der Waals surface area contributed by atoms with Crippen molar-refractivity contribution in [3.05, 3.63) is 0 Å². The van der Waals surface area contributed by atoms with Crippen LogP contribution in [0.5, 0.6) is 0 Å². The van der Waals surface area contributed by atoms with Crippen molar-refractivity contribution in [1.82, 2.24) is 9.80 Å². The monoisotopic (exact) mass is 268 g/mol. The molecule has 19 heavy (non-hydrogen) atoms. The molecule has 0 aromatic carbocycles. The van der Waals surface area contributed by atoms with Crippen molar-refractivity contribution in [3.8, 4) is 0 Å². The number of aliphatic hydroxyl groups excluding tert-OH is 1. The van der Waals surface area contributed by atoms with Gasteiger partial charge in [-0.25, -0.2) is 0 Å². The molecule has 1 aliphatic heterocycles. The highest BCUT2D eigenvalue weighted by Crippen LogP contribution is 2.25. The fourth-order valence-corrected chi connectivity index (χ4v) is 3.06. The molecule has 108 valence electrons. The number of hydrogen-bond acceptors (Lipinski definition) is 3. The van der Waals surface area contributed by atoms with E-state index in [4.69, 9.17) is 5.11 Å². The molecule has 0 unspecified atom stereocenters. The highest BCUT2D eigenvalue weighted by Gasteiger charge is 2.28. The second-order valence-electron chi connectivity index (χ2n) is 5.55. The lowest BCUT2D eigenvalue weighted by atomic mass is 9.98. The van der Waals surface area contributed by atoms with E-state index in [1.54, 1.807) is 4.90 Å². The topological polar surface area (TPSA) is 60.9 Å². The van der Waals surface area contributed by atoms with E-state index < -0.39 is 6.61 Å². The Balaban J connectivity index is 1.83. The minimum atomic E-state index is -0.434. The van der Waals surface area contributed by atoms with Gasteiger partial charge in [0.1, 0.15) is 6.61 Å². The molecule has 1 N–H and O–H groups in total. The van der Waals surface area contributed by atoms with Gasteiger partial charge < -0.3 is 14.9 Å². The van der Waals surface area contributed by atoms with E-state index >= 15 is 0 Å². The van der Waals surface area contributed by atoms with E-state index in [-0.39, 0.29) is 17.7 Å². The Kier molecular flexibility index (Phi) is 5.19. The van der Waals surface area contributed by atoms with Gasteiger partial charge in [0, 0.05) is 32.1 Å². The molecule has 2 amide bonds. The number of piperazine rings is 1. The maximum Gasteiger partial charge on any atom is 0.248 e. The Morgan fingerprint density at radius 1 is 0.895 bits per heavy atom. The number of carbonyl (C=O) groups excluding carboxylic acids is 2. The molecule has 2 fully saturated rings. The Morgan fingerprint density at radius 3 is 1.95 bits per heavy atom. The fraction of sp³-hybridized carbons (Fsp3) is 0.857. The van der Waals surface area contributed by atoms with Crippen LogP contribution < -0.4 is 0 Å². The van der Waals surface area contributed by atoms with Crippen LogP contribution >= 0.6 is 0 Å². The van der Waals surface area contributed by atoms with Crippen molar-refractivity contribution < 1.29 is 14.7 Å². The Hall–Kier alpha value is -1.10. The van der Waals surface area contributed by atoms with Crippen molar-refractivity contribution in [2.24, 2.45) is 5.92 Å². The number of aliphatic hydroxyl groups is 1. The summed E-state index contributed by atoms with van der Waals surface area (Å²) < 4.78 is 0. The first kappa shape index (κ1) is 14.3. The summed E-state index contributed by atoms with van der Waals surface area (Å²) in [4.78, 5) is 27.3. The van der Waals surface area contributed by atoms with Gasteiger partial charge in [-0.1, -0.05) is 25.7 Å². The zero-order valence-electron chi connectivity index (χ0n) is 11.5. The third-order valence-electron chi connectivity index (χ3n) is 4.28. The average Bonchev–Trinajstić information content (AvgIpc) is 2.75. The lowest BCUT2D eigenvalue weighted by Crippen LogP contribution is -2.52. The van der Waals surface area contributed by atoms with Crippen LogP contribution in [0.1, 0.15) is 38.5 Å². The van der Waals surface area contributed by atoms with Crippen LogP contribution in [-0.4, -0.2) is 59.5 Å². The van der Waals surface area contributed by atoms with Crippen molar-refractivity contribution in [1.29, 1.82) is 0 Å².